The molecule has 3 rings (SSSR count). The van der Waals surface area contributed by atoms with Crippen molar-refractivity contribution in [2.75, 3.05) is 10.6 Å². The smallest absolute Gasteiger partial charge is 0.308 e. The maximum absolute atomic E-state index is 13.9. The molecule has 0 fully saturated rings. The first-order valence-corrected chi connectivity index (χ1v) is 9.16. The Morgan fingerprint density at radius 1 is 0.867 bits per heavy atom. The third-order valence-corrected chi connectivity index (χ3v) is 4.24. The van der Waals surface area contributed by atoms with Crippen molar-refractivity contribution in [2.45, 2.75) is 6.92 Å². The summed E-state index contributed by atoms with van der Waals surface area (Å²) in [6, 6.07) is 16.4. The first kappa shape index (κ1) is 21.0. The number of halogens is 2. The second-order valence-corrected chi connectivity index (χ2v) is 6.61. The Labute approximate surface area is 176 Å². The number of benzene rings is 3. The van der Waals surface area contributed by atoms with E-state index in [-0.39, 0.29) is 21.9 Å². The number of nitrogens with one attached hydrogen (secondary N) is 2. The molecule has 2 amide bonds. The molecule has 3 aromatic rings. The molecule has 0 unspecified atom stereocenters. The molecule has 0 saturated heterocycles. The molecule has 0 radical (unpaired) electrons. The maximum atomic E-state index is 13.9. The van der Waals surface area contributed by atoms with Gasteiger partial charge in [-0.2, -0.15) is 0 Å². The summed E-state index contributed by atoms with van der Waals surface area (Å²) in [4.78, 5) is 35.9. The summed E-state index contributed by atoms with van der Waals surface area (Å²) in [5.41, 5.74) is 0.748. The van der Waals surface area contributed by atoms with Crippen LogP contribution in [0.2, 0.25) is 5.02 Å². The number of anilines is 2. The summed E-state index contributed by atoms with van der Waals surface area (Å²) in [5.74, 6) is -2.14. The highest BCUT2D eigenvalue weighted by atomic mass is 35.5. The largest absolute Gasteiger partial charge is 0.427 e. The van der Waals surface area contributed by atoms with Crippen LogP contribution in [0, 0.1) is 5.82 Å². The van der Waals surface area contributed by atoms with E-state index in [4.69, 9.17) is 16.3 Å². The minimum absolute atomic E-state index is 0.00961. The fourth-order valence-corrected chi connectivity index (χ4v) is 2.90. The molecule has 0 spiro atoms. The van der Waals surface area contributed by atoms with Crippen molar-refractivity contribution in [2.24, 2.45) is 0 Å². The SMILES string of the molecule is CC(=O)Oc1cccc(C(=O)Nc2cccc(NC(=O)c3c(F)cccc3Cl)c2)c1. The summed E-state index contributed by atoms with van der Waals surface area (Å²) in [5, 5.41) is 5.23. The average molecular weight is 427 g/mol. The molecule has 0 aliphatic rings. The zero-order valence-electron chi connectivity index (χ0n) is 15.7. The molecule has 0 aliphatic carbocycles. The number of ether oxygens (including phenoxy) is 1. The first-order valence-electron chi connectivity index (χ1n) is 8.79. The monoisotopic (exact) mass is 426 g/mol. The van der Waals surface area contributed by atoms with Gasteiger partial charge in [0.1, 0.15) is 11.6 Å². The van der Waals surface area contributed by atoms with Gasteiger partial charge in [-0.1, -0.05) is 29.8 Å². The number of carbonyl (C=O) groups is 3. The molecular formula is C22H16ClFN2O4. The highest BCUT2D eigenvalue weighted by Crippen LogP contribution is 2.22. The van der Waals surface area contributed by atoms with Crippen molar-refractivity contribution in [3.05, 3.63) is 88.7 Å². The van der Waals surface area contributed by atoms with E-state index in [1.165, 1.54) is 31.2 Å². The van der Waals surface area contributed by atoms with E-state index in [2.05, 4.69) is 10.6 Å². The molecule has 152 valence electrons. The predicted octanol–water partition coefficient (Wildman–Crippen LogP) is 4.91. The van der Waals surface area contributed by atoms with Crippen LogP contribution in [-0.4, -0.2) is 17.8 Å². The zero-order valence-corrected chi connectivity index (χ0v) is 16.5. The summed E-state index contributed by atoms with van der Waals surface area (Å²) in [6.45, 7) is 1.26. The molecule has 0 bridgehead atoms. The van der Waals surface area contributed by atoms with Crippen molar-refractivity contribution in [1.82, 2.24) is 0 Å². The lowest BCUT2D eigenvalue weighted by molar-refractivity contribution is -0.131. The number of rotatable bonds is 5. The van der Waals surface area contributed by atoms with E-state index in [1.54, 1.807) is 36.4 Å². The normalized spacial score (nSPS) is 10.2. The van der Waals surface area contributed by atoms with E-state index < -0.39 is 23.6 Å². The van der Waals surface area contributed by atoms with Gasteiger partial charge in [0.2, 0.25) is 0 Å². The summed E-state index contributed by atoms with van der Waals surface area (Å²) >= 11 is 5.91. The topological polar surface area (TPSA) is 84.5 Å². The van der Waals surface area contributed by atoms with Crippen LogP contribution in [0.25, 0.3) is 0 Å². The van der Waals surface area contributed by atoms with Crippen LogP contribution in [0.15, 0.2) is 66.7 Å². The number of amides is 2. The molecule has 0 saturated carbocycles. The zero-order chi connectivity index (χ0) is 21.7. The number of hydrogen-bond acceptors (Lipinski definition) is 4. The standard InChI is InChI=1S/C22H16ClFN2O4/c1-13(27)30-17-8-2-5-14(11-17)21(28)25-15-6-3-7-16(12-15)26-22(29)20-18(23)9-4-10-19(20)24/h2-12H,1H3,(H,25,28)(H,26,29). The fraction of sp³-hybridized carbons (Fsp3) is 0.0455. The van der Waals surface area contributed by atoms with Crippen LogP contribution in [-0.2, 0) is 4.79 Å². The Morgan fingerprint density at radius 3 is 2.17 bits per heavy atom. The molecule has 0 heterocycles. The molecule has 6 nitrogen and oxygen atoms in total. The minimum atomic E-state index is -0.739. The maximum Gasteiger partial charge on any atom is 0.308 e. The van der Waals surface area contributed by atoms with E-state index >= 15 is 0 Å². The van der Waals surface area contributed by atoms with Crippen molar-refractivity contribution in [1.29, 1.82) is 0 Å². The molecule has 30 heavy (non-hydrogen) atoms. The van der Waals surface area contributed by atoms with Gasteiger partial charge < -0.3 is 15.4 Å². The van der Waals surface area contributed by atoms with E-state index in [9.17, 15) is 18.8 Å². The van der Waals surface area contributed by atoms with Gasteiger partial charge in [0, 0.05) is 23.9 Å². The van der Waals surface area contributed by atoms with Crippen molar-refractivity contribution < 1.29 is 23.5 Å². The summed E-state index contributed by atoms with van der Waals surface area (Å²) in [7, 11) is 0. The Balaban J connectivity index is 1.73. The van der Waals surface area contributed by atoms with Crippen LogP contribution in [0.1, 0.15) is 27.6 Å². The first-order chi connectivity index (χ1) is 14.3. The van der Waals surface area contributed by atoms with Crippen LogP contribution in [0.4, 0.5) is 15.8 Å². The van der Waals surface area contributed by atoms with Gasteiger partial charge in [-0.15, -0.1) is 0 Å². The Morgan fingerprint density at radius 2 is 1.50 bits per heavy atom. The lowest BCUT2D eigenvalue weighted by Gasteiger charge is -2.10. The molecule has 0 aromatic heterocycles. The summed E-state index contributed by atoms with van der Waals surface area (Å²) < 4.78 is 18.9. The van der Waals surface area contributed by atoms with Gasteiger partial charge in [0.15, 0.2) is 0 Å². The number of hydrogen-bond donors (Lipinski definition) is 2. The number of esters is 1. The van der Waals surface area contributed by atoms with Crippen molar-refractivity contribution in [3.63, 3.8) is 0 Å². The van der Waals surface area contributed by atoms with Gasteiger partial charge in [0.25, 0.3) is 11.8 Å². The highest BCUT2D eigenvalue weighted by Gasteiger charge is 2.16. The van der Waals surface area contributed by atoms with Crippen LogP contribution < -0.4 is 15.4 Å². The van der Waals surface area contributed by atoms with Gasteiger partial charge >= 0.3 is 5.97 Å². The molecule has 0 aliphatic heterocycles. The van der Waals surface area contributed by atoms with E-state index in [1.807, 2.05) is 0 Å². The molecule has 8 heteroatoms. The average Bonchev–Trinajstić information content (AvgIpc) is 2.68. The molecule has 3 aromatic carbocycles. The van der Waals surface area contributed by atoms with E-state index in [0.717, 1.165) is 6.07 Å². The van der Waals surface area contributed by atoms with Gasteiger partial charge in [0.05, 0.1) is 10.6 Å². The quantitative estimate of drug-likeness (QED) is 0.448. The lowest BCUT2D eigenvalue weighted by Crippen LogP contribution is -2.15. The Kier molecular flexibility index (Phi) is 6.44. The van der Waals surface area contributed by atoms with Gasteiger partial charge in [-0.25, -0.2) is 4.39 Å². The lowest BCUT2D eigenvalue weighted by atomic mass is 10.1. The molecule has 2 N–H and O–H groups in total. The van der Waals surface area contributed by atoms with Crippen LogP contribution in [0.5, 0.6) is 5.75 Å². The third kappa shape index (κ3) is 5.21. The van der Waals surface area contributed by atoms with Crippen LogP contribution in [0.3, 0.4) is 0 Å². The summed E-state index contributed by atoms with van der Waals surface area (Å²) in [6.07, 6.45) is 0. The predicted molar refractivity (Wildman–Crippen MR) is 112 cm³/mol. The van der Waals surface area contributed by atoms with Crippen LogP contribution >= 0.6 is 11.6 Å². The second kappa shape index (κ2) is 9.19. The molecule has 0 atom stereocenters. The third-order valence-electron chi connectivity index (χ3n) is 3.93. The van der Waals surface area contributed by atoms with Crippen molar-refractivity contribution in [3.8, 4) is 5.75 Å². The Hall–Kier alpha value is -3.71. The van der Waals surface area contributed by atoms with Crippen molar-refractivity contribution >= 4 is 40.8 Å². The fourth-order valence-electron chi connectivity index (χ4n) is 2.65. The van der Waals surface area contributed by atoms with E-state index in [0.29, 0.717) is 11.4 Å². The van der Waals surface area contributed by atoms with Gasteiger partial charge in [-0.05, 0) is 48.5 Å². The minimum Gasteiger partial charge on any atom is -0.427 e. The second-order valence-electron chi connectivity index (χ2n) is 6.21. The molecular weight excluding hydrogens is 411 g/mol. The highest BCUT2D eigenvalue weighted by molar-refractivity contribution is 6.34. The Bertz CT molecular complexity index is 1110. The van der Waals surface area contributed by atoms with Gasteiger partial charge in [-0.3, -0.25) is 14.4 Å². The number of carbonyl (C=O) groups excluding carboxylic acids is 3.